The normalized spacial score (nSPS) is 10.5. The van der Waals surface area contributed by atoms with E-state index in [0.29, 0.717) is 0 Å². The minimum absolute atomic E-state index is 0.769. The van der Waals surface area contributed by atoms with E-state index >= 15 is 0 Å². The Bertz CT molecular complexity index is 569. The molecule has 0 aliphatic rings. The van der Waals surface area contributed by atoms with E-state index in [1.807, 2.05) is 30.3 Å². The van der Waals surface area contributed by atoms with E-state index in [2.05, 4.69) is 30.4 Å². The lowest BCUT2D eigenvalue weighted by molar-refractivity contribution is 0.317. The van der Waals surface area contributed by atoms with Gasteiger partial charge in [0.15, 0.2) is 0 Å². The Hall–Kier alpha value is -2.00. The largest absolute Gasteiger partial charge is 0.496 e. The van der Waals surface area contributed by atoms with Gasteiger partial charge in [0.2, 0.25) is 0 Å². The Labute approximate surface area is 133 Å². The highest BCUT2D eigenvalue weighted by Crippen LogP contribution is 2.17. The number of rotatable bonds is 9. The van der Waals surface area contributed by atoms with Gasteiger partial charge >= 0.3 is 0 Å². The molecule has 0 spiro atoms. The Balaban J connectivity index is 1.79. The molecule has 0 aromatic heterocycles. The van der Waals surface area contributed by atoms with Crippen LogP contribution in [0.25, 0.3) is 0 Å². The minimum atomic E-state index is 0.769. The molecule has 0 bridgehead atoms. The summed E-state index contributed by atoms with van der Waals surface area (Å²) in [6.45, 7) is 4.65. The van der Waals surface area contributed by atoms with E-state index in [4.69, 9.17) is 9.47 Å². The summed E-state index contributed by atoms with van der Waals surface area (Å²) in [7, 11) is 1.72. The fraction of sp³-hybridized carbons (Fsp3) is 0.368. The molecule has 1 N–H and O–H groups in total. The third-order valence-electron chi connectivity index (χ3n) is 3.46. The zero-order valence-corrected chi connectivity index (χ0v) is 13.5. The van der Waals surface area contributed by atoms with Crippen LogP contribution >= 0.6 is 0 Å². The lowest BCUT2D eigenvalue weighted by Gasteiger charge is -2.10. The lowest BCUT2D eigenvalue weighted by Crippen LogP contribution is -2.17. The molecule has 2 aromatic rings. The van der Waals surface area contributed by atoms with Crippen molar-refractivity contribution in [3.05, 3.63) is 59.7 Å². The summed E-state index contributed by atoms with van der Waals surface area (Å²) >= 11 is 0. The molecule has 0 saturated carbocycles. The molecule has 0 saturated heterocycles. The van der Waals surface area contributed by atoms with Gasteiger partial charge in [-0.2, -0.15) is 0 Å². The van der Waals surface area contributed by atoms with Gasteiger partial charge < -0.3 is 14.8 Å². The minimum Gasteiger partial charge on any atom is -0.496 e. The number of hydrogen-bond donors (Lipinski definition) is 1. The Morgan fingerprint density at radius 3 is 2.73 bits per heavy atom. The monoisotopic (exact) mass is 299 g/mol. The molecular weight excluding hydrogens is 274 g/mol. The van der Waals surface area contributed by atoms with Gasteiger partial charge in [0.05, 0.1) is 13.7 Å². The summed E-state index contributed by atoms with van der Waals surface area (Å²) in [5.74, 6) is 1.91. The van der Waals surface area contributed by atoms with Gasteiger partial charge in [-0.15, -0.1) is 0 Å². The van der Waals surface area contributed by atoms with Crippen LogP contribution in [0.5, 0.6) is 11.5 Å². The molecule has 0 unspecified atom stereocenters. The van der Waals surface area contributed by atoms with Crippen molar-refractivity contribution in [2.45, 2.75) is 26.3 Å². The van der Waals surface area contributed by atoms with E-state index in [-0.39, 0.29) is 0 Å². The molecule has 2 aromatic carbocycles. The molecule has 118 valence electrons. The van der Waals surface area contributed by atoms with Gasteiger partial charge in [-0.3, -0.25) is 0 Å². The van der Waals surface area contributed by atoms with Crippen molar-refractivity contribution >= 4 is 0 Å². The number of nitrogens with one attached hydrogen (secondary N) is 1. The predicted molar refractivity (Wildman–Crippen MR) is 90.6 cm³/mol. The second-order valence-electron chi connectivity index (χ2n) is 5.23. The van der Waals surface area contributed by atoms with Crippen molar-refractivity contribution in [2.24, 2.45) is 0 Å². The fourth-order valence-electron chi connectivity index (χ4n) is 2.33. The number of ether oxygens (including phenoxy) is 2. The number of benzene rings is 2. The van der Waals surface area contributed by atoms with Crippen LogP contribution < -0.4 is 14.8 Å². The second-order valence-corrected chi connectivity index (χ2v) is 5.23. The zero-order chi connectivity index (χ0) is 15.6. The first kappa shape index (κ1) is 16.4. The van der Waals surface area contributed by atoms with Gasteiger partial charge in [0.1, 0.15) is 11.5 Å². The first-order chi connectivity index (χ1) is 10.8. The SMILES string of the molecule is CCCOc1cccc(CNCCc2ccccc2OC)c1. The Kier molecular flexibility index (Phi) is 6.78. The molecule has 0 radical (unpaired) electrons. The molecule has 0 aliphatic carbocycles. The van der Waals surface area contributed by atoms with Crippen LogP contribution in [-0.4, -0.2) is 20.3 Å². The molecule has 0 amide bonds. The molecule has 0 heterocycles. The molecule has 3 heteroatoms. The number of para-hydroxylation sites is 1. The highest BCUT2D eigenvalue weighted by molar-refractivity contribution is 5.33. The van der Waals surface area contributed by atoms with Crippen LogP contribution in [0.15, 0.2) is 48.5 Å². The van der Waals surface area contributed by atoms with E-state index in [1.165, 1.54) is 11.1 Å². The Morgan fingerprint density at radius 1 is 1.05 bits per heavy atom. The van der Waals surface area contributed by atoms with Gasteiger partial charge in [0, 0.05) is 6.54 Å². The van der Waals surface area contributed by atoms with Gasteiger partial charge in [-0.1, -0.05) is 37.3 Å². The Morgan fingerprint density at radius 2 is 1.91 bits per heavy atom. The van der Waals surface area contributed by atoms with Crippen LogP contribution in [0.1, 0.15) is 24.5 Å². The van der Waals surface area contributed by atoms with E-state index in [0.717, 1.165) is 44.0 Å². The third kappa shape index (κ3) is 5.08. The van der Waals surface area contributed by atoms with Crippen LogP contribution in [-0.2, 0) is 13.0 Å². The average molecular weight is 299 g/mol. The van der Waals surface area contributed by atoms with Crippen molar-refractivity contribution in [1.29, 1.82) is 0 Å². The standard InChI is InChI=1S/C19H25NO2/c1-3-13-22-18-9-6-7-16(14-18)15-20-12-11-17-8-4-5-10-19(17)21-2/h4-10,14,20H,3,11-13,15H2,1-2H3. The summed E-state index contributed by atoms with van der Waals surface area (Å²) in [6, 6.07) is 16.4. The van der Waals surface area contributed by atoms with Crippen LogP contribution in [0.2, 0.25) is 0 Å². The van der Waals surface area contributed by atoms with Crippen molar-refractivity contribution in [1.82, 2.24) is 5.32 Å². The molecule has 0 atom stereocenters. The maximum absolute atomic E-state index is 5.66. The predicted octanol–water partition coefficient (Wildman–Crippen LogP) is 3.82. The molecule has 0 fully saturated rings. The van der Waals surface area contributed by atoms with E-state index < -0.39 is 0 Å². The van der Waals surface area contributed by atoms with Crippen LogP contribution in [0, 0.1) is 0 Å². The van der Waals surface area contributed by atoms with Crippen molar-refractivity contribution in [2.75, 3.05) is 20.3 Å². The first-order valence-electron chi connectivity index (χ1n) is 7.88. The van der Waals surface area contributed by atoms with E-state index in [9.17, 15) is 0 Å². The van der Waals surface area contributed by atoms with Gasteiger partial charge in [-0.25, -0.2) is 0 Å². The van der Waals surface area contributed by atoms with Crippen molar-refractivity contribution in [3.8, 4) is 11.5 Å². The van der Waals surface area contributed by atoms with E-state index in [1.54, 1.807) is 7.11 Å². The summed E-state index contributed by atoms with van der Waals surface area (Å²) in [4.78, 5) is 0. The van der Waals surface area contributed by atoms with Crippen molar-refractivity contribution < 1.29 is 9.47 Å². The highest BCUT2D eigenvalue weighted by Gasteiger charge is 2.01. The summed E-state index contributed by atoms with van der Waals surface area (Å²) in [5.41, 5.74) is 2.48. The third-order valence-corrected chi connectivity index (χ3v) is 3.46. The quantitative estimate of drug-likeness (QED) is 0.714. The van der Waals surface area contributed by atoms with Crippen molar-refractivity contribution in [3.63, 3.8) is 0 Å². The smallest absolute Gasteiger partial charge is 0.122 e. The molecule has 2 rings (SSSR count). The summed E-state index contributed by atoms with van der Waals surface area (Å²) in [6.07, 6.45) is 1.98. The molecule has 22 heavy (non-hydrogen) atoms. The fourth-order valence-corrected chi connectivity index (χ4v) is 2.33. The number of methoxy groups -OCH3 is 1. The molecule has 3 nitrogen and oxygen atoms in total. The van der Waals surface area contributed by atoms with Gasteiger partial charge in [0.25, 0.3) is 0 Å². The average Bonchev–Trinajstić information content (AvgIpc) is 2.57. The maximum atomic E-state index is 5.66. The topological polar surface area (TPSA) is 30.5 Å². The van der Waals surface area contributed by atoms with Gasteiger partial charge in [-0.05, 0) is 48.7 Å². The van der Waals surface area contributed by atoms with Crippen LogP contribution in [0.4, 0.5) is 0 Å². The van der Waals surface area contributed by atoms with Crippen LogP contribution in [0.3, 0.4) is 0 Å². The molecular formula is C19H25NO2. The molecule has 0 aliphatic heterocycles. The zero-order valence-electron chi connectivity index (χ0n) is 13.5. The second kappa shape index (κ2) is 9.11. The first-order valence-corrected chi connectivity index (χ1v) is 7.88. The lowest BCUT2D eigenvalue weighted by atomic mass is 10.1. The highest BCUT2D eigenvalue weighted by atomic mass is 16.5. The summed E-state index contributed by atoms with van der Waals surface area (Å²) < 4.78 is 11.0. The summed E-state index contributed by atoms with van der Waals surface area (Å²) in [5, 5.41) is 3.47. The number of hydrogen-bond acceptors (Lipinski definition) is 3. The maximum Gasteiger partial charge on any atom is 0.122 e.